The van der Waals surface area contributed by atoms with E-state index in [4.69, 9.17) is 4.74 Å². The highest BCUT2D eigenvalue weighted by Gasteiger charge is 2.06. The van der Waals surface area contributed by atoms with Crippen LogP contribution in [0.2, 0.25) is 0 Å². The van der Waals surface area contributed by atoms with Crippen molar-refractivity contribution in [1.82, 2.24) is 9.78 Å². The van der Waals surface area contributed by atoms with Crippen LogP contribution < -0.4 is 4.74 Å². The van der Waals surface area contributed by atoms with E-state index >= 15 is 0 Å². The van der Waals surface area contributed by atoms with Crippen molar-refractivity contribution in [3.8, 4) is 11.4 Å². The minimum absolute atomic E-state index is 0.871. The zero-order valence-electron chi connectivity index (χ0n) is 8.27. The lowest BCUT2D eigenvalue weighted by Gasteiger charge is -2.10. The molecular formula is C11H12N2O. The molecule has 0 N–H and O–H groups in total. The van der Waals surface area contributed by atoms with E-state index in [2.05, 4.69) is 5.10 Å². The minimum Gasteiger partial charge on any atom is -0.494 e. The molecular weight excluding hydrogens is 176 g/mol. The number of nitrogens with zero attached hydrogens (tertiary/aromatic N) is 2. The van der Waals surface area contributed by atoms with Crippen molar-refractivity contribution in [3.05, 3.63) is 42.2 Å². The van der Waals surface area contributed by atoms with Gasteiger partial charge in [0.25, 0.3) is 0 Å². The van der Waals surface area contributed by atoms with Gasteiger partial charge in [-0.05, 0) is 24.6 Å². The fourth-order valence-corrected chi connectivity index (χ4v) is 1.49. The van der Waals surface area contributed by atoms with Crippen LogP contribution in [-0.4, -0.2) is 16.9 Å². The van der Waals surface area contributed by atoms with Crippen LogP contribution in [0.4, 0.5) is 0 Å². The Morgan fingerprint density at radius 2 is 2.14 bits per heavy atom. The number of hydrogen-bond donors (Lipinski definition) is 0. The molecule has 0 unspecified atom stereocenters. The Labute approximate surface area is 82.9 Å². The molecule has 0 spiro atoms. The quantitative estimate of drug-likeness (QED) is 0.722. The van der Waals surface area contributed by atoms with E-state index in [0.717, 1.165) is 17.0 Å². The van der Waals surface area contributed by atoms with Gasteiger partial charge < -0.3 is 4.74 Å². The predicted molar refractivity (Wildman–Crippen MR) is 54.9 cm³/mol. The first kappa shape index (κ1) is 8.81. The maximum absolute atomic E-state index is 5.34. The Hall–Kier alpha value is -1.77. The van der Waals surface area contributed by atoms with Gasteiger partial charge in [-0.3, -0.25) is 0 Å². The van der Waals surface area contributed by atoms with E-state index in [1.807, 2.05) is 37.4 Å². The van der Waals surface area contributed by atoms with Crippen LogP contribution in [0.1, 0.15) is 5.56 Å². The van der Waals surface area contributed by atoms with Crippen molar-refractivity contribution < 1.29 is 4.74 Å². The number of rotatable bonds is 2. The summed E-state index contributed by atoms with van der Waals surface area (Å²) in [6.07, 6.45) is 3.65. The van der Waals surface area contributed by atoms with Crippen LogP contribution in [0.5, 0.6) is 5.75 Å². The van der Waals surface area contributed by atoms with Gasteiger partial charge in [-0.15, -0.1) is 0 Å². The zero-order chi connectivity index (χ0) is 9.97. The fourth-order valence-electron chi connectivity index (χ4n) is 1.49. The lowest BCUT2D eigenvalue weighted by molar-refractivity contribution is 0.408. The highest BCUT2D eigenvalue weighted by molar-refractivity contribution is 5.50. The molecule has 0 amide bonds. The van der Waals surface area contributed by atoms with Crippen LogP contribution in [0.15, 0.2) is 36.7 Å². The molecule has 0 atom stereocenters. The first-order chi connectivity index (χ1) is 6.83. The van der Waals surface area contributed by atoms with Gasteiger partial charge in [0.05, 0.1) is 7.11 Å². The van der Waals surface area contributed by atoms with Gasteiger partial charge in [0.15, 0.2) is 0 Å². The van der Waals surface area contributed by atoms with Crippen molar-refractivity contribution in [2.45, 2.75) is 6.92 Å². The molecule has 72 valence electrons. The monoisotopic (exact) mass is 188 g/mol. The number of hydrogen-bond acceptors (Lipinski definition) is 2. The van der Waals surface area contributed by atoms with Gasteiger partial charge in [0.1, 0.15) is 11.4 Å². The topological polar surface area (TPSA) is 27.1 Å². The van der Waals surface area contributed by atoms with E-state index < -0.39 is 0 Å². The van der Waals surface area contributed by atoms with E-state index in [9.17, 15) is 0 Å². The fraction of sp³-hybridized carbons (Fsp3) is 0.182. The first-order valence-corrected chi connectivity index (χ1v) is 4.46. The molecule has 1 aromatic heterocycles. The highest BCUT2D eigenvalue weighted by atomic mass is 16.5. The smallest absolute Gasteiger partial charge is 0.147 e. The molecule has 0 aliphatic rings. The second kappa shape index (κ2) is 3.54. The van der Waals surface area contributed by atoms with E-state index in [-0.39, 0.29) is 0 Å². The van der Waals surface area contributed by atoms with Crippen molar-refractivity contribution in [3.63, 3.8) is 0 Å². The second-order valence-electron chi connectivity index (χ2n) is 3.08. The SMILES string of the molecule is COc1c(C)cccc1-n1cccn1. The van der Waals surface area contributed by atoms with Gasteiger partial charge in [0.2, 0.25) is 0 Å². The predicted octanol–water partition coefficient (Wildman–Crippen LogP) is 2.19. The summed E-state index contributed by atoms with van der Waals surface area (Å²) >= 11 is 0. The molecule has 0 bridgehead atoms. The number of aromatic nitrogens is 2. The molecule has 14 heavy (non-hydrogen) atoms. The molecule has 0 fully saturated rings. The average Bonchev–Trinajstić information content (AvgIpc) is 2.70. The summed E-state index contributed by atoms with van der Waals surface area (Å²) in [4.78, 5) is 0. The Morgan fingerprint density at radius 1 is 1.29 bits per heavy atom. The number of para-hydroxylation sites is 1. The molecule has 2 rings (SSSR count). The molecule has 3 heteroatoms. The number of ether oxygens (including phenoxy) is 1. The molecule has 3 nitrogen and oxygen atoms in total. The number of aryl methyl sites for hydroxylation is 1. The van der Waals surface area contributed by atoms with Gasteiger partial charge in [0, 0.05) is 12.4 Å². The maximum Gasteiger partial charge on any atom is 0.147 e. The highest BCUT2D eigenvalue weighted by Crippen LogP contribution is 2.25. The van der Waals surface area contributed by atoms with Gasteiger partial charge >= 0.3 is 0 Å². The number of methoxy groups -OCH3 is 1. The summed E-state index contributed by atoms with van der Waals surface area (Å²) in [5.41, 5.74) is 2.08. The van der Waals surface area contributed by atoms with Crippen LogP contribution in [-0.2, 0) is 0 Å². The third-order valence-electron chi connectivity index (χ3n) is 2.15. The van der Waals surface area contributed by atoms with Crippen LogP contribution in [0.25, 0.3) is 5.69 Å². The normalized spacial score (nSPS) is 10.1. The van der Waals surface area contributed by atoms with Crippen molar-refractivity contribution in [2.24, 2.45) is 0 Å². The molecule has 0 saturated carbocycles. The third kappa shape index (κ3) is 1.37. The first-order valence-electron chi connectivity index (χ1n) is 4.46. The van der Waals surface area contributed by atoms with Crippen LogP contribution in [0.3, 0.4) is 0 Å². The van der Waals surface area contributed by atoms with Crippen molar-refractivity contribution in [2.75, 3.05) is 7.11 Å². The van der Waals surface area contributed by atoms with Crippen molar-refractivity contribution >= 4 is 0 Å². The second-order valence-corrected chi connectivity index (χ2v) is 3.08. The van der Waals surface area contributed by atoms with Gasteiger partial charge in [-0.1, -0.05) is 12.1 Å². The summed E-state index contributed by atoms with van der Waals surface area (Å²) in [5.74, 6) is 0.871. The Morgan fingerprint density at radius 3 is 2.79 bits per heavy atom. The lowest BCUT2D eigenvalue weighted by atomic mass is 10.2. The Bertz CT molecular complexity index is 421. The molecule has 1 aromatic carbocycles. The van der Waals surface area contributed by atoms with E-state index in [0.29, 0.717) is 0 Å². The minimum atomic E-state index is 0.871. The Balaban J connectivity index is 2.58. The molecule has 0 radical (unpaired) electrons. The lowest BCUT2D eigenvalue weighted by Crippen LogP contribution is -1.99. The molecule has 1 heterocycles. The summed E-state index contributed by atoms with van der Waals surface area (Å²) in [6.45, 7) is 2.02. The van der Waals surface area contributed by atoms with E-state index in [1.165, 1.54) is 0 Å². The molecule has 0 saturated heterocycles. The number of benzene rings is 1. The molecule has 0 aliphatic heterocycles. The zero-order valence-corrected chi connectivity index (χ0v) is 8.27. The van der Waals surface area contributed by atoms with Gasteiger partial charge in [-0.2, -0.15) is 5.10 Å². The van der Waals surface area contributed by atoms with Crippen LogP contribution in [0, 0.1) is 6.92 Å². The third-order valence-corrected chi connectivity index (χ3v) is 2.15. The summed E-state index contributed by atoms with van der Waals surface area (Å²) in [7, 11) is 1.68. The largest absolute Gasteiger partial charge is 0.494 e. The Kier molecular flexibility index (Phi) is 2.23. The summed E-state index contributed by atoms with van der Waals surface area (Å²) in [5, 5.41) is 4.17. The van der Waals surface area contributed by atoms with Crippen LogP contribution >= 0.6 is 0 Å². The van der Waals surface area contributed by atoms with Gasteiger partial charge in [-0.25, -0.2) is 4.68 Å². The summed E-state index contributed by atoms with van der Waals surface area (Å²) in [6, 6.07) is 7.89. The molecule has 2 aromatic rings. The van der Waals surface area contributed by atoms with E-state index in [1.54, 1.807) is 18.0 Å². The standard InChI is InChI=1S/C11H12N2O/c1-9-5-3-6-10(11(9)14-2)13-8-4-7-12-13/h3-8H,1-2H3. The van der Waals surface area contributed by atoms with Crippen molar-refractivity contribution in [1.29, 1.82) is 0 Å². The maximum atomic E-state index is 5.34. The molecule has 0 aliphatic carbocycles. The summed E-state index contributed by atoms with van der Waals surface area (Å²) < 4.78 is 7.14. The average molecular weight is 188 g/mol.